The highest BCUT2D eigenvalue weighted by molar-refractivity contribution is 5.78. The van der Waals surface area contributed by atoms with E-state index >= 15 is 0 Å². The van der Waals surface area contributed by atoms with Crippen molar-refractivity contribution in [3.8, 4) is 0 Å². The fraction of sp³-hybridized carbons (Fsp3) is 0.923. The van der Waals surface area contributed by atoms with Crippen molar-refractivity contribution in [1.29, 1.82) is 0 Å². The largest absolute Gasteiger partial charge is 0.371 e. The molecule has 5 nitrogen and oxygen atoms in total. The van der Waals surface area contributed by atoms with Crippen LogP contribution >= 0.6 is 0 Å². The van der Waals surface area contributed by atoms with Crippen molar-refractivity contribution >= 4 is 5.91 Å². The second-order valence-corrected chi connectivity index (χ2v) is 5.78. The van der Waals surface area contributed by atoms with Gasteiger partial charge in [-0.05, 0) is 27.2 Å². The molecule has 1 aliphatic rings. The maximum Gasteiger partial charge on any atom is 0.234 e. The topological polar surface area (TPSA) is 67.6 Å². The van der Waals surface area contributed by atoms with Gasteiger partial charge < -0.3 is 15.8 Å². The van der Waals surface area contributed by atoms with Crippen molar-refractivity contribution in [1.82, 2.24) is 10.2 Å². The number of carbonyl (C=O) groups excluding carboxylic acids is 1. The quantitative estimate of drug-likeness (QED) is 0.745. The maximum absolute atomic E-state index is 12.0. The van der Waals surface area contributed by atoms with E-state index in [0.29, 0.717) is 13.1 Å². The Morgan fingerprint density at radius 2 is 2.17 bits per heavy atom. The summed E-state index contributed by atoms with van der Waals surface area (Å²) in [7, 11) is 0. The number of nitrogens with one attached hydrogen (secondary N) is 1. The van der Waals surface area contributed by atoms with Crippen LogP contribution in [0.1, 0.15) is 34.1 Å². The Labute approximate surface area is 110 Å². The molecule has 1 heterocycles. The zero-order valence-corrected chi connectivity index (χ0v) is 12.0. The molecule has 1 rings (SSSR count). The highest BCUT2D eigenvalue weighted by atomic mass is 16.5. The first-order chi connectivity index (χ1) is 8.36. The van der Waals surface area contributed by atoms with Gasteiger partial charge in [-0.2, -0.15) is 0 Å². The molecule has 0 aromatic carbocycles. The monoisotopic (exact) mass is 257 g/mol. The SMILES string of the molecule is CCC(C)(C)NC(=O)CN1CC(C)OC(CN)C1. The standard InChI is InChI=1S/C13H27N3O2/c1-5-13(3,4)15-12(17)9-16-7-10(2)18-11(6-14)8-16/h10-11H,5-9,14H2,1-4H3,(H,15,17). The van der Waals surface area contributed by atoms with E-state index in [1.807, 2.05) is 20.8 Å². The maximum atomic E-state index is 12.0. The van der Waals surface area contributed by atoms with E-state index in [9.17, 15) is 4.79 Å². The second-order valence-electron chi connectivity index (χ2n) is 5.78. The van der Waals surface area contributed by atoms with Crippen molar-refractivity contribution < 1.29 is 9.53 Å². The predicted octanol–water partition coefficient (Wildman–Crippen LogP) is 0.339. The van der Waals surface area contributed by atoms with E-state index in [4.69, 9.17) is 10.5 Å². The third kappa shape index (κ3) is 4.92. The van der Waals surface area contributed by atoms with Gasteiger partial charge in [0.15, 0.2) is 0 Å². The lowest BCUT2D eigenvalue weighted by Crippen LogP contribution is -2.54. The number of amides is 1. The molecule has 0 aromatic rings. The number of rotatable bonds is 5. The van der Waals surface area contributed by atoms with Crippen molar-refractivity contribution in [3.05, 3.63) is 0 Å². The molecule has 1 saturated heterocycles. The van der Waals surface area contributed by atoms with Crippen molar-refractivity contribution in [2.45, 2.75) is 51.9 Å². The number of carbonyl (C=O) groups is 1. The summed E-state index contributed by atoms with van der Waals surface area (Å²) in [6, 6.07) is 0. The number of nitrogens with zero attached hydrogens (tertiary/aromatic N) is 1. The van der Waals surface area contributed by atoms with Crippen LogP contribution < -0.4 is 11.1 Å². The van der Waals surface area contributed by atoms with Gasteiger partial charge in [0.05, 0.1) is 18.8 Å². The molecule has 0 aliphatic carbocycles. The van der Waals surface area contributed by atoms with Crippen LogP contribution in [0.2, 0.25) is 0 Å². The average Bonchev–Trinajstić information content (AvgIpc) is 2.27. The summed E-state index contributed by atoms with van der Waals surface area (Å²) in [4.78, 5) is 14.1. The minimum atomic E-state index is -0.137. The van der Waals surface area contributed by atoms with Crippen molar-refractivity contribution in [2.75, 3.05) is 26.2 Å². The summed E-state index contributed by atoms with van der Waals surface area (Å²) < 4.78 is 5.67. The third-order valence-corrected chi connectivity index (χ3v) is 3.39. The lowest BCUT2D eigenvalue weighted by Gasteiger charge is -2.36. The number of hydrogen-bond donors (Lipinski definition) is 2. The number of ether oxygens (including phenoxy) is 1. The summed E-state index contributed by atoms with van der Waals surface area (Å²) in [6.07, 6.45) is 1.10. The molecular weight excluding hydrogens is 230 g/mol. The van der Waals surface area contributed by atoms with E-state index in [2.05, 4.69) is 17.1 Å². The van der Waals surface area contributed by atoms with Crippen LogP contribution in [0.3, 0.4) is 0 Å². The zero-order chi connectivity index (χ0) is 13.8. The van der Waals surface area contributed by atoms with Crippen LogP contribution in [0.15, 0.2) is 0 Å². The Morgan fingerprint density at radius 1 is 1.50 bits per heavy atom. The molecule has 5 heteroatoms. The molecule has 1 fully saturated rings. The molecule has 106 valence electrons. The summed E-state index contributed by atoms with van der Waals surface area (Å²) >= 11 is 0. The first-order valence-electron chi connectivity index (χ1n) is 6.75. The van der Waals surface area contributed by atoms with Crippen molar-refractivity contribution in [2.24, 2.45) is 5.73 Å². The third-order valence-electron chi connectivity index (χ3n) is 3.39. The van der Waals surface area contributed by atoms with E-state index in [0.717, 1.165) is 19.5 Å². The van der Waals surface area contributed by atoms with Crippen molar-refractivity contribution in [3.63, 3.8) is 0 Å². The molecule has 0 radical (unpaired) electrons. The molecule has 0 aromatic heterocycles. The van der Waals surface area contributed by atoms with Gasteiger partial charge >= 0.3 is 0 Å². The smallest absolute Gasteiger partial charge is 0.234 e. The first kappa shape index (κ1) is 15.4. The van der Waals surface area contributed by atoms with Crippen LogP contribution in [-0.4, -0.2) is 54.7 Å². The normalized spacial score (nSPS) is 26.1. The fourth-order valence-corrected chi connectivity index (χ4v) is 2.11. The fourth-order valence-electron chi connectivity index (χ4n) is 2.11. The summed E-state index contributed by atoms with van der Waals surface area (Å²) in [5.74, 6) is 0.0757. The summed E-state index contributed by atoms with van der Waals surface area (Å²) in [5.41, 5.74) is 5.49. The van der Waals surface area contributed by atoms with Gasteiger partial charge in [-0.15, -0.1) is 0 Å². The predicted molar refractivity (Wildman–Crippen MR) is 72.3 cm³/mol. The Bertz CT molecular complexity index is 281. The van der Waals surface area contributed by atoms with Crippen LogP contribution in [0.4, 0.5) is 0 Å². The second kappa shape index (κ2) is 6.50. The molecule has 18 heavy (non-hydrogen) atoms. The lowest BCUT2D eigenvalue weighted by atomic mass is 10.0. The van der Waals surface area contributed by atoms with Gasteiger partial charge in [-0.1, -0.05) is 6.92 Å². The zero-order valence-electron chi connectivity index (χ0n) is 12.0. The van der Waals surface area contributed by atoms with Crippen LogP contribution in [0.25, 0.3) is 0 Å². The molecular formula is C13H27N3O2. The molecule has 0 bridgehead atoms. The minimum absolute atomic E-state index is 0.0423. The highest BCUT2D eigenvalue weighted by Gasteiger charge is 2.26. The molecule has 1 aliphatic heterocycles. The molecule has 0 spiro atoms. The molecule has 2 unspecified atom stereocenters. The average molecular weight is 257 g/mol. The Hall–Kier alpha value is -0.650. The van der Waals surface area contributed by atoms with Crippen LogP contribution in [0.5, 0.6) is 0 Å². The highest BCUT2D eigenvalue weighted by Crippen LogP contribution is 2.11. The van der Waals surface area contributed by atoms with E-state index < -0.39 is 0 Å². The van der Waals surface area contributed by atoms with Crippen LogP contribution in [0, 0.1) is 0 Å². The van der Waals surface area contributed by atoms with E-state index in [1.54, 1.807) is 0 Å². The van der Waals surface area contributed by atoms with Crippen LogP contribution in [-0.2, 0) is 9.53 Å². The Kier molecular flexibility index (Phi) is 5.56. The Morgan fingerprint density at radius 3 is 2.72 bits per heavy atom. The Balaban J connectivity index is 2.44. The summed E-state index contributed by atoms with van der Waals surface area (Å²) in [6.45, 7) is 10.6. The molecule has 3 N–H and O–H groups in total. The first-order valence-corrected chi connectivity index (χ1v) is 6.75. The molecule has 2 atom stereocenters. The molecule has 1 amide bonds. The number of morpholine rings is 1. The number of hydrogen-bond acceptors (Lipinski definition) is 4. The minimum Gasteiger partial charge on any atom is -0.371 e. The van der Waals surface area contributed by atoms with Gasteiger partial charge in [0, 0.05) is 25.2 Å². The van der Waals surface area contributed by atoms with Gasteiger partial charge in [0.2, 0.25) is 5.91 Å². The molecule has 0 saturated carbocycles. The van der Waals surface area contributed by atoms with Gasteiger partial charge in [0.1, 0.15) is 0 Å². The van der Waals surface area contributed by atoms with Gasteiger partial charge in [-0.25, -0.2) is 0 Å². The van der Waals surface area contributed by atoms with E-state index in [-0.39, 0.29) is 23.7 Å². The lowest BCUT2D eigenvalue weighted by molar-refractivity contribution is -0.127. The van der Waals surface area contributed by atoms with E-state index in [1.165, 1.54) is 0 Å². The number of nitrogens with two attached hydrogens (primary N) is 1. The summed E-state index contributed by atoms with van der Waals surface area (Å²) in [5, 5.41) is 3.05. The van der Waals surface area contributed by atoms with Gasteiger partial charge in [-0.3, -0.25) is 9.69 Å². The van der Waals surface area contributed by atoms with Gasteiger partial charge in [0.25, 0.3) is 0 Å².